The molecule has 0 radical (unpaired) electrons. The van der Waals surface area contributed by atoms with E-state index in [1.807, 2.05) is 24.3 Å². The van der Waals surface area contributed by atoms with Gasteiger partial charge in [0.15, 0.2) is 5.69 Å². The fourth-order valence-electron chi connectivity index (χ4n) is 1.59. The van der Waals surface area contributed by atoms with Crippen LogP contribution < -0.4 is 0 Å². The molecule has 0 bridgehead atoms. The average molecular weight is 272 g/mol. The van der Waals surface area contributed by atoms with E-state index in [1.54, 1.807) is 0 Å². The molecule has 0 fully saturated rings. The van der Waals surface area contributed by atoms with Crippen LogP contribution in [0.15, 0.2) is 48.5 Å². The molecule has 0 saturated carbocycles. The van der Waals surface area contributed by atoms with E-state index in [2.05, 4.69) is 45.0 Å². The van der Waals surface area contributed by atoms with Gasteiger partial charge in [0.2, 0.25) is 0 Å². The van der Waals surface area contributed by atoms with Crippen molar-refractivity contribution >= 4 is 21.6 Å². The monoisotopic (exact) mass is 271 g/mol. The lowest BCUT2D eigenvalue weighted by Gasteiger charge is -2.04. The highest BCUT2D eigenvalue weighted by Crippen LogP contribution is 2.30. The molecule has 0 amide bonds. The molecule has 2 heteroatoms. The second-order valence-electron chi connectivity index (χ2n) is 3.46. The summed E-state index contributed by atoms with van der Waals surface area (Å²) in [6, 6.07) is 15.9. The second-order valence-corrected chi connectivity index (χ2v) is 4.02. The zero-order chi connectivity index (χ0) is 11.4. The van der Waals surface area contributed by atoms with Crippen molar-refractivity contribution in [1.29, 1.82) is 0 Å². The summed E-state index contributed by atoms with van der Waals surface area (Å²) in [5, 5.41) is 0.859. The molecule has 0 aliphatic heterocycles. The van der Waals surface area contributed by atoms with Crippen LogP contribution in [-0.2, 0) is 5.33 Å². The maximum Gasteiger partial charge on any atom is 0.194 e. The largest absolute Gasteiger partial charge is 0.238 e. The van der Waals surface area contributed by atoms with Gasteiger partial charge in [0.1, 0.15) is 0 Å². The smallest absolute Gasteiger partial charge is 0.194 e. The van der Waals surface area contributed by atoms with E-state index in [0.717, 1.165) is 16.5 Å². The first kappa shape index (κ1) is 10.9. The summed E-state index contributed by atoms with van der Waals surface area (Å²) < 4.78 is 0. The van der Waals surface area contributed by atoms with E-state index in [0.29, 0.717) is 5.69 Å². The van der Waals surface area contributed by atoms with Gasteiger partial charge in [-0.3, -0.25) is 0 Å². The predicted octanol–water partition coefficient (Wildman–Crippen LogP) is 4.80. The lowest BCUT2D eigenvalue weighted by Crippen LogP contribution is -1.80. The van der Waals surface area contributed by atoms with Gasteiger partial charge < -0.3 is 0 Å². The molecule has 0 saturated heterocycles. The first-order valence-corrected chi connectivity index (χ1v) is 6.09. The van der Waals surface area contributed by atoms with Crippen LogP contribution >= 0.6 is 15.9 Å². The number of benzene rings is 2. The number of nitrogens with zero attached hydrogens (tertiary/aromatic N) is 1. The molecular weight excluding hydrogens is 262 g/mol. The Morgan fingerprint density at radius 1 is 1.00 bits per heavy atom. The molecule has 0 aliphatic rings. The Balaban J connectivity index is 2.47. The SMILES string of the molecule is [C-]#[N+]c1ccccc1-c1ccc(CBr)cc1. The minimum atomic E-state index is 0.703. The molecule has 2 rings (SSSR count). The van der Waals surface area contributed by atoms with Crippen molar-refractivity contribution in [3.05, 3.63) is 65.5 Å². The van der Waals surface area contributed by atoms with Crippen molar-refractivity contribution in [3.8, 4) is 11.1 Å². The Labute approximate surface area is 104 Å². The van der Waals surface area contributed by atoms with Gasteiger partial charge in [-0.2, -0.15) is 0 Å². The second kappa shape index (κ2) is 4.96. The van der Waals surface area contributed by atoms with Crippen molar-refractivity contribution in [2.75, 3.05) is 0 Å². The lowest BCUT2D eigenvalue weighted by molar-refractivity contribution is 1.44. The molecule has 0 heterocycles. The van der Waals surface area contributed by atoms with Crippen LogP contribution in [0.5, 0.6) is 0 Å². The van der Waals surface area contributed by atoms with Crippen LogP contribution in [0, 0.1) is 6.57 Å². The summed E-state index contributed by atoms with van der Waals surface area (Å²) >= 11 is 3.42. The van der Waals surface area contributed by atoms with Crippen LogP contribution in [0.3, 0.4) is 0 Å². The average Bonchev–Trinajstić information content (AvgIpc) is 2.39. The van der Waals surface area contributed by atoms with E-state index < -0.39 is 0 Å². The standard InChI is InChI=1S/C14H10BrN/c1-16-14-5-3-2-4-13(14)12-8-6-11(10-15)7-9-12/h2-9H,10H2. The Kier molecular flexibility index (Phi) is 3.38. The lowest BCUT2D eigenvalue weighted by atomic mass is 10.0. The van der Waals surface area contributed by atoms with Crippen molar-refractivity contribution in [2.45, 2.75) is 5.33 Å². The summed E-state index contributed by atoms with van der Waals surface area (Å²) in [4.78, 5) is 3.53. The first-order valence-electron chi connectivity index (χ1n) is 4.97. The van der Waals surface area contributed by atoms with E-state index in [4.69, 9.17) is 6.57 Å². The highest BCUT2D eigenvalue weighted by Gasteiger charge is 2.03. The molecule has 1 nitrogen and oxygen atoms in total. The third-order valence-electron chi connectivity index (χ3n) is 2.44. The Morgan fingerprint density at radius 2 is 1.69 bits per heavy atom. The van der Waals surface area contributed by atoms with Crippen LogP contribution in [0.2, 0.25) is 0 Å². The Bertz CT molecular complexity index is 523. The fraction of sp³-hybridized carbons (Fsp3) is 0.0714. The van der Waals surface area contributed by atoms with E-state index >= 15 is 0 Å². The van der Waals surface area contributed by atoms with Gasteiger partial charge in [0.05, 0.1) is 6.57 Å². The molecule has 78 valence electrons. The van der Waals surface area contributed by atoms with Crippen molar-refractivity contribution in [1.82, 2.24) is 0 Å². The van der Waals surface area contributed by atoms with Crippen molar-refractivity contribution in [2.24, 2.45) is 0 Å². The van der Waals surface area contributed by atoms with E-state index in [9.17, 15) is 0 Å². The molecular formula is C14H10BrN. The molecule has 0 aromatic heterocycles. The fourth-order valence-corrected chi connectivity index (χ4v) is 1.96. The minimum Gasteiger partial charge on any atom is -0.238 e. The number of halogens is 1. The maximum absolute atomic E-state index is 7.13. The quantitative estimate of drug-likeness (QED) is 0.546. The number of alkyl halides is 1. The number of rotatable bonds is 2. The summed E-state index contributed by atoms with van der Waals surface area (Å²) in [5.74, 6) is 0. The van der Waals surface area contributed by atoms with Gasteiger partial charge >= 0.3 is 0 Å². The zero-order valence-corrected chi connectivity index (χ0v) is 10.2. The highest BCUT2D eigenvalue weighted by molar-refractivity contribution is 9.08. The predicted molar refractivity (Wildman–Crippen MR) is 70.8 cm³/mol. The zero-order valence-electron chi connectivity index (χ0n) is 8.65. The van der Waals surface area contributed by atoms with Gasteiger partial charge in [0, 0.05) is 5.33 Å². The Hall–Kier alpha value is -1.59. The van der Waals surface area contributed by atoms with Crippen molar-refractivity contribution < 1.29 is 0 Å². The van der Waals surface area contributed by atoms with Crippen molar-refractivity contribution in [3.63, 3.8) is 0 Å². The highest BCUT2D eigenvalue weighted by atomic mass is 79.9. The molecule has 0 unspecified atom stereocenters. The first-order chi connectivity index (χ1) is 7.85. The van der Waals surface area contributed by atoms with Gasteiger partial charge in [-0.25, -0.2) is 4.85 Å². The number of para-hydroxylation sites is 1. The van der Waals surface area contributed by atoms with Gasteiger partial charge in [-0.15, -0.1) is 0 Å². The summed E-state index contributed by atoms with van der Waals surface area (Å²) in [6.07, 6.45) is 0. The van der Waals surface area contributed by atoms with Crippen LogP contribution in [0.1, 0.15) is 5.56 Å². The molecule has 2 aromatic carbocycles. The molecule has 0 atom stereocenters. The molecule has 0 spiro atoms. The van der Waals surface area contributed by atoms with Crippen LogP contribution in [0.25, 0.3) is 16.0 Å². The van der Waals surface area contributed by atoms with Gasteiger partial charge in [-0.1, -0.05) is 64.5 Å². The van der Waals surface area contributed by atoms with Gasteiger partial charge in [-0.05, 0) is 16.7 Å². The third-order valence-corrected chi connectivity index (χ3v) is 3.09. The summed E-state index contributed by atoms with van der Waals surface area (Å²) in [6.45, 7) is 7.13. The van der Waals surface area contributed by atoms with Crippen LogP contribution in [-0.4, -0.2) is 0 Å². The Morgan fingerprint density at radius 3 is 2.31 bits per heavy atom. The van der Waals surface area contributed by atoms with Gasteiger partial charge in [0.25, 0.3) is 0 Å². The number of hydrogen-bond acceptors (Lipinski definition) is 0. The summed E-state index contributed by atoms with van der Waals surface area (Å²) in [5.41, 5.74) is 4.04. The number of hydrogen-bond donors (Lipinski definition) is 0. The molecule has 0 aliphatic carbocycles. The molecule has 16 heavy (non-hydrogen) atoms. The maximum atomic E-state index is 7.13. The molecule has 2 aromatic rings. The van der Waals surface area contributed by atoms with E-state index in [-0.39, 0.29) is 0 Å². The summed E-state index contributed by atoms with van der Waals surface area (Å²) in [7, 11) is 0. The van der Waals surface area contributed by atoms with E-state index in [1.165, 1.54) is 5.56 Å². The normalized spacial score (nSPS) is 9.75. The molecule has 0 N–H and O–H groups in total. The third kappa shape index (κ3) is 2.15. The minimum absolute atomic E-state index is 0.703. The van der Waals surface area contributed by atoms with Crippen LogP contribution in [0.4, 0.5) is 5.69 Å². The topological polar surface area (TPSA) is 4.36 Å².